The lowest BCUT2D eigenvalue weighted by atomic mass is 10.3. The van der Waals surface area contributed by atoms with Crippen LogP contribution in [0.2, 0.25) is 0 Å². The fourth-order valence-electron chi connectivity index (χ4n) is 2.12. The van der Waals surface area contributed by atoms with Gasteiger partial charge in [0.1, 0.15) is 4.90 Å². The number of likely N-dealkylation sites (N-methyl/N-ethyl adjacent to an activating group) is 1. The first-order chi connectivity index (χ1) is 8.96. The number of ether oxygens (including phenoxy) is 1. The van der Waals surface area contributed by atoms with Gasteiger partial charge in [-0.3, -0.25) is 4.68 Å². The van der Waals surface area contributed by atoms with E-state index in [0.717, 1.165) is 6.42 Å². The van der Waals surface area contributed by atoms with Crippen molar-refractivity contribution in [2.45, 2.75) is 37.2 Å². The Bertz CT molecular complexity index is 534. The van der Waals surface area contributed by atoms with Crippen molar-refractivity contribution < 1.29 is 13.2 Å². The summed E-state index contributed by atoms with van der Waals surface area (Å²) in [5.74, 6) is 0.0548. The van der Waals surface area contributed by atoms with Crippen LogP contribution in [0.4, 0.5) is 5.82 Å². The molecule has 0 bridgehead atoms. The zero-order valence-electron chi connectivity index (χ0n) is 11.2. The third-order valence-electron chi connectivity index (χ3n) is 3.28. The molecule has 19 heavy (non-hydrogen) atoms. The molecule has 108 valence electrons. The summed E-state index contributed by atoms with van der Waals surface area (Å²) in [6.45, 7) is 3.66. The van der Waals surface area contributed by atoms with Gasteiger partial charge in [0.15, 0.2) is 5.82 Å². The van der Waals surface area contributed by atoms with E-state index < -0.39 is 10.0 Å². The molecule has 7 nitrogen and oxygen atoms in total. The molecule has 0 aliphatic carbocycles. The van der Waals surface area contributed by atoms with Crippen molar-refractivity contribution in [1.82, 2.24) is 14.1 Å². The van der Waals surface area contributed by atoms with Crippen LogP contribution in [0.1, 0.15) is 19.8 Å². The van der Waals surface area contributed by atoms with Crippen LogP contribution in [0.25, 0.3) is 0 Å². The van der Waals surface area contributed by atoms with Crippen LogP contribution >= 0.6 is 0 Å². The number of nitrogen functional groups attached to an aromatic ring is 1. The van der Waals surface area contributed by atoms with Crippen molar-refractivity contribution in [3.63, 3.8) is 0 Å². The molecule has 1 unspecified atom stereocenters. The molecular formula is C11H20N4O3S. The van der Waals surface area contributed by atoms with Crippen LogP contribution in [0.15, 0.2) is 11.1 Å². The summed E-state index contributed by atoms with van der Waals surface area (Å²) in [5.41, 5.74) is 5.73. The largest absolute Gasteiger partial charge is 0.381 e. The molecule has 0 spiro atoms. The van der Waals surface area contributed by atoms with Gasteiger partial charge in [-0.25, -0.2) is 8.42 Å². The summed E-state index contributed by atoms with van der Waals surface area (Å²) in [7, 11) is -2.04. The lowest BCUT2D eigenvalue weighted by molar-refractivity contribution is 0.181. The standard InChI is InChI=1S/C11H20N4O3S/c1-3-5-15-7-10(11(12)13-15)19(16,17)14(2)9-4-6-18-8-9/h7,9H,3-6,8H2,1-2H3,(H2,12,13). The maximum atomic E-state index is 12.5. The predicted octanol–water partition coefficient (Wildman–Crippen LogP) is 0.285. The SMILES string of the molecule is CCCn1cc(S(=O)(=O)N(C)C2CCOC2)c(N)n1. The number of aryl methyl sites for hydroxylation is 1. The van der Waals surface area contributed by atoms with Crippen molar-refractivity contribution >= 4 is 15.8 Å². The van der Waals surface area contributed by atoms with Crippen molar-refractivity contribution in [2.24, 2.45) is 0 Å². The minimum atomic E-state index is -3.61. The normalized spacial score (nSPS) is 20.3. The molecule has 1 aromatic rings. The van der Waals surface area contributed by atoms with E-state index in [1.165, 1.54) is 10.5 Å². The molecule has 1 saturated heterocycles. The van der Waals surface area contributed by atoms with Crippen LogP contribution in [-0.2, 0) is 21.3 Å². The van der Waals surface area contributed by atoms with Gasteiger partial charge in [-0.1, -0.05) is 6.92 Å². The Labute approximate surface area is 113 Å². The third-order valence-corrected chi connectivity index (χ3v) is 5.21. The second kappa shape index (κ2) is 5.48. The highest BCUT2D eigenvalue weighted by Gasteiger charge is 2.33. The minimum absolute atomic E-state index is 0.0548. The van der Waals surface area contributed by atoms with Gasteiger partial charge in [0.05, 0.1) is 12.6 Å². The Morgan fingerprint density at radius 2 is 2.37 bits per heavy atom. The van der Waals surface area contributed by atoms with Crippen LogP contribution in [0, 0.1) is 0 Å². The molecule has 0 radical (unpaired) electrons. The number of sulfonamides is 1. The van der Waals surface area contributed by atoms with E-state index in [1.54, 1.807) is 11.7 Å². The monoisotopic (exact) mass is 288 g/mol. The van der Waals surface area contributed by atoms with E-state index in [-0.39, 0.29) is 16.8 Å². The number of nitrogens with zero attached hydrogens (tertiary/aromatic N) is 3. The summed E-state index contributed by atoms with van der Waals surface area (Å²) in [5, 5.41) is 4.03. The molecule has 2 N–H and O–H groups in total. The van der Waals surface area contributed by atoms with Crippen molar-refractivity contribution in [3.8, 4) is 0 Å². The average molecular weight is 288 g/mol. The van der Waals surface area contributed by atoms with Crippen molar-refractivity contribution in [1.29, 1.82) is 0 Å². The van der Waals surface area contributed by atoms with Gasteiger partial charge >= 0.3 is 0 Å². The molecule has 1 atom stereocenters. The summed E-state index contributed by atoms with van der Waals surface area (Å²) in [6, 6.07) is -0.126. The topological polar surface area (TPSA) is 90.5 Å². The first-order valence-corrected chi connectivity index (χ1v) is 7.79. The zero-order chi connectivity index (χ0) is 14.0. The highest BCUT2D eigenvalue weighted by atomic mass is 32.2. The lowest BCUT2D eigenvalue weighted by Gasteiger charge is -2.21. The van der Waals surface area contributed by atoms with E-state index >= 15 is 0 Å². The predicted molar refractivity (Wildman–Crippen MR) is 71.1 cm³/mol. The molecule has 1 aromatic heterocycles. The maximum absolute atomic E-state index is 12.5. The van der Waals surface area contributed by atoms with Gasteiger partial charge in [0, 0.05) is 26.4 Å². The van der Waals surface area contributed by atoms with Crippen LogP contribution in [0.3, 0.4) is 0 Å². The second-order valence-corrected chi connectivity index (χ2v) is 6.65. The molecule has 2 heterocycles. The molecule has 1 aliphatic heterocycles. The molecule has 1 fully saturated rings. The summed E-state index contributed by atoms with van der Waals surface area (Å²) < 4.78 is 33.1. The van der Waals surface area contributed by atoms with E-state index in [1.807, 2.05) is 6.92 Å². The first kappa shape index (κ1) is 14.3. The lowest BCUT2D eigenvalue weighted by Crippen LogP contribution is -2.37. The van der Waals surface area contributed by atoms with Gasteiger partial charge in [0.25, 0.3) is 0 Å². The minimum Gasteiger partial charge on any atom is -0.381 e. The Morgan fingerprint density at radius 3 is 2.95 bits per heavy atom. The highest BCUT2D eigenvalue weighted by Crippen LogP contribution is 2.24. The number of hydrogen-bond acceptors (Lipinski definition) is 5. The second-order valence-electron chi connectivity index (χ2n) is 4.68. The smallest absolute Gasteiger partial charge is 0.248 e. The summed E-state index contributed by atoms with van der Waals surface area (Å²) >= 11 is 0. The Hall–Kier alpha value is -1.12. The Morgan fingerprint density at radius 1 is 1.63 bits per heavy atom. The van der Waals surface area contributed by atoms with E-state index in [0.29, 0.717) is 26.2 Å². The van der Waals surface area contributed by atoms with E-state index in [4.69, 9.17) is 10.5 Å². The van der Waals surface area contributed by atoms with E-state index in [9.17, 15) is 8.42 Å². The van der Waals surface area contributed by atoms with E-state index in [2.05, 4.69) is 5.10 Å². The number of rotatable bonds is 5. The average Bonchev–Trinajstić information content (AvgIpc) is 2.98. The van der Waals surface area contributed by atoms with Gasteiger partial charge in [-0.2, -0.15) is 9.40 Å². The quantitative estimate of drug-likeness (QED) is 0.840. The molecule has 0 saturated carbocycles. The number of aromatic nitrogens is 2. The number of anilines is 1. The van der Waals surface area contributed by atoms with Crippen LogP contribution < -0.4 is 5.73 Å². The van der Waals surface area contributed by atoms with Gasteiger partial charge < -0.3 is 10.5 Å². The number of hydrogen-bond donors (Lipinski definition) is 1. The van der Waals surface area contributed by atoms with Gasteiger partial charge in [0.2, 0.25) is 10.0 Å². The molecular weight excluding hydrogens is 268 g/mol. The molecule has 0 amide bonds. The summed E-state index contributed by atoms with van der Waals surface area (Å²) in [4.78, 5) is 0.0790. The van der Waals surface area contributed by atoms with Crippen molar-refractivity contribution in [2.75, 3.05) is 26.0 Å². The number of nitrogens with two attached hydrogens (primary N) is 1. The molecule has 2 rings (SSSR count). The maximum Gasteiger partial charge on any atom is 0.248 e. The zero-order valence-corrected chi connectivity index (χ0v) is 12.1. The molecule has 1 aliphatic rings. The molecule has 0 aromatic carbocycles. The Kier molecular flexibility index (Phi) is 4.12. The third kappa shape index (κ3) is 2.75. The van der Waals surface area contributed by atoms with Crippen molar-refractivity contribution in [3.05, 3.63) is 6.20 Å². The van der Waals surface area contributed by atoms with Gasteiger partial charge in [-0.05, 0) is 12.8 Å². The fraction of sp³-hybridized carbons (Fsp3) is 0.727. The fourth-order valence-corrected chi connectivity index (χ4v) is 3.55. The van der Waals surface area contributed by atoms with Crippen LogP contribution in [-0.4, -0.2) is 48.8 Å². The van der Waals surface area contributed by atoms with Crippen LogP contribution in [0.5, 0.6) is 0 Å². The Balaban J connectivity index is 2.27. The first-order valence-electron chi connectivity index (χ1n) is 6.35. The highest BCUT2D eigenvalue weighted by molar-refractivity contribution is 7.89. The summed E-state index contributed by atoms with van der Waals surface area (Å²) in [6.07, 6.45) is 3.08. The molecule has 8 heteroatoms. The van der Waals surface area contributed by atoms with Gasteiger partial charge in [-0.15, -0.1) is 0 Å².